The number of benzene rings is 1. The summed E-state index contributed by atoms with van der Waals surface area (Å²) < 4.78 is 8.84. The van der Waals surface area contributed by atoms with E-state index in [0.717, 1.165) is 15.8 Å². The minimum Gasteiger partial charge on any atom is -0.465 e. The highest BCUT2D eigenvalue weighted by atomic mass is 16.5. The summed E-state index contributed by atoms with van der Waals surface area (Å²) in [6.45, 7) is 3.45. The number of aromatic amines is 1. The predicted molar refractivity (Wildman–Crippen MR) is 102 cm³/mol. The van der Waals surface area contributed by atoms with E-state index in [9.17, 15) is 14.4 Å². The normalized spacial score (nSPS) is 11.4. The van der Waals surface area contributed by atoms with Gasteiger partial charge in [0.2, 0.25) is 5.78 Å². The lowest BCUT2D eigenvalue weighted by Crippen LogP contribution is -2.42. The number of carbonyl (C=O) groups excluding carboxylic acids is 1. The third-order valence-electron chi connectivity index (χ3n) is 4.47. The molecule has 0 atom stereocenters. The number of rotatable bonds is 5. The summed E-state index contributed by atoms with van der Waals surface area (Å²) in [6, 6.07) is 9.38. The van der Waals surface area contributed by atoms with Crippen molar-refractivity contribution in [1.29, 1.82) is 0 Å². The zero-order valence-corrected chi connectivity index (χ0v) is 15.5. The Kier molecular flexibility index (Phi) is 4.34. The van der Waals surface area contributed by atoms with Crippen LogP contribution in [0.25, 0.3) is 16.9 Å². The summed E-state index contributed by atoms with van der Waals surface area (Å²) in [6.07, 6.45) is 1.73. The SMILES string of the molecule is CCOC(=O)Cn1c(=O)c2c(nc3[nH]c(C)cn32)n(Cc2ccccc2)c1=O. The molecule has 0 saturated carbocycles. The summed E-state index contributed by atoms with van der Waals surface area (Å²) in [5.74, 6) is -0.182. The van der Waals surface area contributed by atoms with Gasteiger partial charge in [-0.15, -0.1) is 0 Å². The van der Waals surface area contributed by atoms with Crippen LogP contribution in [-0.4, -0.2) is 36.1 Å². The fraction of sp³-hybridized carbons (Fsp3) is 0.263. The molecule has 1 N–H and O–H groups in total. The molecule has 28 heavy (non-hydrogen) atoms. The van der Waals surface area contributed by atoms with Gasteiger partial charge in [-0.05, 0) is 19.4 Å². The van der Waals surface area contributed by atoms with Gasteiger partial charge < -0.3 is 9.72 Å². The van der Waals surface area contributed by atoms with E-state index in [2.05, 4.69) is 9.97 Å². The van der Waals surface area contributed by atoms with Crippen LogP contribution in [0.3, 0.4) is 0 Å². The van der Waals surface area contributed by atoms with Crippen molar-refractivity contribution in [3.63, 3.8) is 0 Å². The van der Waals surface area contributed by atoms with E-state index in [1.807, 2.05) is 37.3 Å². The lowest BCUT2D eigenvalue weighted by Gasteiger charge is -2.11. The molecule has 144 valence electrons. The van der Waals surface area contributed by atoms with Gasteiger partial charge in [0.25, 0.3) is 5.56 Å². The fourth-order valence-corrected chi connectivity index (χ4v) is 3.26. The summed E-state index contributed by atoms with van der Waals surface area (Å²) >= 11 is 0. The first-order chi connectivity index (χ1) is 13.5. The zero-order valence-electron chi connectivity index (χ0n) is 15.5. The average molecular weight is 381 g/mol. The van der Waals surface area contributed by atoms with Crippen LogP contribution in [-0.2, 0) is 22.6 Å². The molecule has 0 aliphatic carbocycles. The van der Waals surface area contributed by atoms with Crippen LogP contribution in [0, 0.1) is 6.92 Å². The molecule has 0 saturated heterocycles. The second-order valence-corrected chi connectivity index (χ2v) is 6.47. The van der Waals surface area contributed by atoms with E-state index in [1.54, 1.807) is 17.5 Å². The maximum atomic E-state index is 13.1. The molecule has 4 aromatic rings. The van der Waals surface area contributed by atoms with Crippen LogP contribution in [0.1, 0.15) is 18.2 Å². The molecule has 9 heteroatoms. The number of H-pyrrole nitrogens is 1. The van der Waals surface area contributed by atoms with Crippen molar-refractivity contribution in [3.05, 3.63) is 68.6 Å². The largest absolute Gasteiger partial charge is 0.465 e. The van der Waals surface area contributed by atoms with Crippen LogP contribution >= 0.6 is 0 Å². The Labute approximate surface area is 158 Å². The number of aryl methyl sites for hydroxylation is 1. The number of nitrogens with one attached hydrogen (secondary N) is 1. The smallest absolute Gasteiger partial charge is 0.333 e. The number of ether oxygens (including phenoxy) is 1. The Morgan fingerprint density at radius 2 is 1.93 bits per heavy atom. The Morgan fingerprint density at radius 1 is 1.18 bits per heavy atom. The van der Waals surface area contributed by atoms with Crippen molar-refractivity contribution in [2.24, 2.45) is 0 Å². The van der Waals surface area contributed by atoms with Gasteiger partial charge in [0.1, 0.15) is 6.54 Å². The van der Waals surface area contributed by atoms with Gasteiger partial charge in [0.05, 0.1) is 13.2 Å². The van der Waals surface area contributed by atoms with Gasteiger partial charge in [0, 0.05) is 11.9 Å². The van der Waals surface area contributed by atoms with E-state index in [-0.39, 0.29) is 24.3 Å². The molecular weight excluding hydrogens is 362 g/mol. The first-order valence-corrected chi connectivity index (χ1v) is 8.90. The van der Waals surface area contributed by atoms with Crippen molar-refractivity contribution < 1.29 is 9.53 Å². The summed E-state index contributed by atoms with van der Waals surface area (Å²) in [7, 11) is 0. The Bertz CT molecular complexity index is 1290. The number of fused-ring (bicyclic) bond motifs is 3. The number of esters is 1. The minimum atomic E-state index is -0.640. The second-order valence-electron chi connectivity index (χ2n) is 6.47. The summed E-state index contributed by atoms with van der Waals surface area (Å²) in [4.78, 5) is 45.6. The van der Waals surface area contributed by atoms with Crippen LogP contribution in [0.15, 0.2) is 46.1 Å². The van der Waals surface area contributed by atoms with Gasteiger partial charge in [-0.25, -0.2) is 9.36 Å². The molecule has 0 amide bonds. The van der Waals surface area contributed by atoms with Gasteiger partial charge in [-0.1, -0.05) is 30.3 Å². The van der Waals surface area contributed by atoms with Crippen molar-refractivity contribution >= 4 is 22.9 Å². The minimum absolute atomic E-state index is 0.169. The van der Waals surface area contributed by atoms with Crippen LogP contribution in [0.5, 0.6) is 0 Å². The maximum absolute atomic E-state index is 13.1. The van der Waals surface area contributed by atoms with Gasteiger partial charge >= 0.3 is 11.7 Å². The van der Waals surface area contributed by atoms with Crippen molar-refractivity contribution in [1.82, 2.24) is 23.5 Å². The first-order valence-electron chi connectivity index (χ1n) is 8.90. The van der Waals surface area contributed by atoms with Crippen LogP contribution in [0.2, 0.25) is 0 Å². The molecule has 0 bridgehead atoms. The molecular formula is C19H19N5O4. The van der Waals surface area contributed by atoms with E-state index in [0.29, 0.717) is 5.78 Å². The maximum Gasteiger partial charge on any atom is 0.333 e. The number of aromatic nitrogens is 5. The predicted octanol–water partition coefficient (Wildman–Crippen LogP) is 1.06. The molecule has 0 fully saturated rings. The summed E-state index contributed by atoms with van der Waals surface area (Å²) in [5, 5.41) is 0. The monoisotopic (exact) mass is 381 g/mol. The third-order valence-corrected chi connectivity index (χ3v) is 4.47. The topological polar surface area (TPSA) is 103 Å². The van der Waals surface area contributed by atoms with Gasteiger partial charge in [0.15, 0.2) is 11.2 Å². The Balaban J connectivity index is 2.00. The Hall–Kier alpha value is -3.62. The van der Waals surface area contributed by atoms with Crippen molar-refractivity contribution in [3.8, 4) is 0 Å². The zero-order chi connectivity index (χ0) is 19.8. The van der Waals surface area contributed by atoms with Crippen LogP contribution < -0.4 is 11.2 Å². The molecule has 0 aliphatic heterocycles. The third kappa shape index (κ3) is 2.90. The Morgan fingerprint density at radius 3 is 2.64 bits per heavy atom. The number of hydrogen-bond donors (Lipinski definition) is 1. The number of nitrogens with zero attached hydrogens (tertiary/aromatic N) is 4. The molecule has 9 nitrogen and oxygen atoms in total. The number of hydrogen-bond acceptors (Lipinski definition) is 5. The molecule has 3 aromatic heterocycles. The molecule has 0 aliphatic rings. The molecule has 3 heterocycles. The fourth-order valence-electron chi connectivity index (χ4n) is 3.26. The van der Waals surface area contributed by atoms with E-state index in [1.165, 1.54) is 4.57 Å². The quantitative estimate of drug-likeness (QED) is 0.521. The number of carbonyl (C=O) groups is 1. The highest BCUT2D eigenvalue weighted by Crippen LogP contribution is 2.14. The van der Waals surface area contributed by atoms with Crippen molar-refractivity contribution in [2.45, 2.75) is 26.9 Å². The summed E-state index contributed by atoms with van der Waals surface area (Å²) in [5.41, 5.74) is 1.02. The van der Waals surface area contributed by atoms with Crippen molar-refractivity contribution in [2.75, 3.05) is 6.61 Å². The van der Waals surface area contributed by atoms with Gasteiger partial charge in [-0.3, -0.25) is 18.6 Å². The van der Waals surface area contributed by atoms with Crippen LogP contribution in [0.4, 0.5) is 0 Å². The van der Waals surface area contributed by atoms with E-state index < -0.39 is 23.8 Å². The number of imidazole rings is 2. The van der Waals surface area contributed by atoms with E-state index in [4.69, 9.17) is 4.74 Å². The highest BCUT2D eigenvalue weighted by molar-refractivity contribution is 5.76. The first kappa shape index (κ1) is 17.8. The molecule has 0 spiro atoms. The standard InChI is InChI=1S/C19H19N5O4/c1-3-28-14(25)11-24-17(26)15-16(21-18-20-12(2)9-22(15)18)23(19(24)27)10-13-7-5-4-6-8-13/h4-9H,3,10-11H2,1-2H3,(H,20,21). The van der Waals surface area contributed by atoms with E-state index >= 15 is 0 Å². The molecule has 4 rings (SSSR count). The molecule has 0 radical (unpaired) electrons. The molecule has 0 unspecified atom stereocenters. The second kappa shape index (κ2) is 6.84. The lowest BCUT2D eigenvalue weighted by molar-refractivity contribution is -0.143. The lowest BCUT2D eigenvalue weighted by atomic mass is 10.2. The highest BCUT2D eigenvalue weighted by Gasteiger charge is 2.21. The average Bonchev–Trinajstić information content (AvgIpc) is 3.19. The molecule has 1 aromatic carbocycles. The van der Waals surface area contributed by atoms with Gasteiger partial charge in [-0.2, -0.15) is 4.98 Å².